The monoisotopic (exact) mass is 299 g/mol. The Bertz CT molecular complexity index is 569. The maximum absolute atomic E-state index is 12.4. The summed E-state index contributed by atoms with van der Waals surface area (Å²) in [6.07, 6.45) is 0. The average molecular weight is 299 g/mol. The van der Waals surface area contributed by atoms with Crippen LogP contribution in [0, 0.1) is 0 Å². The molecular weight excluding hydrogens is 291 g/mol. The van der Waals surface area contributed by atoms with E-state index in [4.69, 9.17) is 5.11 Å². The number of sulfone groups is 1. The summed E-state index contributed by atoms with van der Waals surface area (Å²) >= 11 is 0. The molecule has 0 saturated carbocycles. The summed E-state index contributed by atoms with van der Waals surface area (Å²) in [6.45, 7) is -0.847. The predicted octanol–water partition coefficient (Wildman–Crippen LogP) is 1.41. The Balaban J connectivity index is 3.07. The van der Waals surface area contributed by atoms with Crippen molar-refractivity contribution in [3.63, 3.8) is 0 Å². The lowest BCUT2D eigenvalue weighted by molar-refractivity contribution is -0.141. The second-order valence-electron chi connectivity index (χ2n) is 3.23. The van der Waals surface area contributed by atoms with Gasteiger partial charge in [0, 0.05) is 0 Å². The molecule has 0 amide bonds. The van der Waals surface area contributed by atoms with Gasteiger partial charge >= 0.3 is 11.5 Å². The van der Waals surface area contributed by atoms with Crippen LogP contribution in [0.15, 0.2) is 29.2 Å². The molecule has 0 atom stereocenters. The molecule has 0 aliphatic rings. The van der Waals surface area contributed by atoms with Gasteiger partial charge < -0.3 is 5.11 Å². The van der Waals surface area contributed by atoms with Crippen molar-refractivity contribution in [3.05, 3.63) is 24.3 Å². The van der Waals surface area contributed by atoms with Crippen LogP contribution in [0.3, 0.4) is 0 Å². The number of hydrogen-bond acceptors (Lipinski definition) is 5. The van der Waals surface area contributed by atoms with Crippen molar-refractivity contribution >= 4 is 21.5 Å². The van der Waals surface area contributed by atoms with Gasteiger partial charge in [0.2, 0.25) is 0 Å². The van der Waals surface area contributed by atoms with Crippen molar-refractivity contribution in [1.82, 2.24) is 0 Å². The van der Waals surface area contributed by atoms with Crippen LogP contribution in [-0.4, -0.2) is 31.6 Å². The minimum atomic E-state index is -5.55. The Morgan fingerprint density at radius 3 is 2.42 bits per heavy atom. The molecule has 0 spiro atoms. The average Bonchev–Trinajstić information content (AvgIpc) is 2.27. The molecule has 1 rings (SSSR count). The molecule has 0 fully saturated rings. The van der Waals surface area contributed by atoms with Gasteiger partial charge in [0.1, 0.15) is 4.90 Å². The number of benzene rings is 1. The van der Waals surface area contributed by atoms with Gasteiger partial charge in [-0.25, -0.2) is 13.2 Å². The molecule has 0 unspecified atom stereocenters. The smallest absolute Gasteiger partial charge is 0.479 e. The van der Waals surface area contributed by atoms with E-state index in [1.54, 1.807) is 0 Å². The Morgan fingerprint density at radius 2 is 1.89 bits per heavy atom. The molecular formula is C9H8F3NO5S. The van der Waals surface area contributed by atoms with Crippen LogP contribution >= 0.6 is 0 Å². The highest BCUT2D eigenvalue weighted by atomic mass is 32.2. The van der Waals surface area contributed by atoms with Crippen LogP contribution in [0.4, 0.5) is 18.9 Å². The van der Waals surface area contributed by atoms with E-state index >= 15 is 0 Å². The van der Waals surface area contributed by atoms with Gasteiger partial charge in [-0.05, 0) is 12.1 Å². The number of hydrogen-bond donors (Lipinski definition) is 2. The predicted molar refractivity (Wildman–Crippen MR) is 56.9 cm³/mol. The van der Waals surface area contributed by atoms with E-state index < -0.39 is 38.5 Å². The summed E-state index contributed by atoms with van der Waals surface area (Å²) in [5.41, 5.74) is -4.10. The molecule has 6 nitrogen and oxygen atoms in total. The molecule has 10 heteroatoms. The van der Waals surface area contributed by atoms with Crippen molar-refractivity contribution in [2.45, 2.75) is 10.4 Å². The van der Waals surface area contributed by atoms with Crippen LogP contribution in [0.2, 0.25) is 0 Å². The van der Waals surface area contributed by atoms with Crippen LogP contribution in [-0.2, 0) is 19.5 Å². The molecule has 0 aromatic heterocycles. The quantitative estimate of drug-likeness (QED) is 0.799. The van der Waals surface area contributed by atoms with Crippen molar-refractivity contribution < 1.29 is 36.3 Å². The zero-order chi connectivity index (χ0) is 14.7. The number of rotatable bonds is 5. The highest BCUT2D eigenvalue weighted by molar-refractivity contribution is 7.92. The highest BCUT2D eigenvalue weighted by Crippen LogP contribution is 2.34. The van der Waals surface area contributed by atoms with E-state index in [0.717, 1.165) is 18.2 Å². The summed E-state index contributed by atoms with van der Waals surface area (Å²) in [7, 11) is -5.55. The van der Waals surface area contributed by atoms with Gasteiger partial charge in [0.25, 0.3) is 9.84 Å². The standard InChI is InChI=1S/C9H8F3NO5S/c10-9(11,12)19(16,17)7-4-2-1-3-6(7)13-18-5-8(14)15/h1-4,13H,5H2,(H,14,15). The van der Waals surface area contributed by atoms with Crippen molar-refractivity contribution in [3.8, 4) is 0 Å². The maximum Gasteiger partial charge on any atom is 0.501 e. The fourth-order valence-electron chi connectivity index (χ4n) is 1.09. The van der Waals surface area contributed by atoms with Crippen molar-refractivity contribution in [2.24, 2.45) is 0 Å². The molecule has 0 radical (unpaired) electrons. The van der Waals surface area contributed by atoms with E-state index in [1.807, 2.05) is 5.48 Å². The van der Waals surface area contributed by atoms with E-state index in [9.17, 15) is 26.4 Å². The molecule has 2 N–H and O–H groups in total. The molecule has 19 heavy (non-hydrogen) atoms. The minimum Gasteiger partial charge on any atom is -0.479 e. The summed E-state index contributed by atoms with van der Waals surface area (Å²) in [6, 6.07) is 4.11. The number of para-hydroxylation sites is 1. The van der Waals surface area contributed by atoms with Gasteiger partial charge in [-0.15, -0.1) is 0 Å². The topological polar surface area (TPSA) is 92.7 Å². The summed E-state index contributed by atoms with van der Waals surface area (Å²) in [5, 5.41) is 8.29. The fraction of sp³-hybridized carbons (Fsp3) is 0.222. The first-order valence-electron chi connectivity index (χ1n) is 4.66. The summed E-state index contributed by atoms with van der Waals surface area (Å²) < 4.78 is 59.7. The first-order chi connectivity index (χ1) is 8.66. The lowest BCUT2D eigenvalue weighted by atomic mass is 10.3. The number of nitrogens with one attached hydrogen (secondary N) is 1. The SMILES string of the molecule is O=C(O)CONc1ccccc1S(=O)(=O)C(F)(F)F. The third-order valence-electron chi connectivity index (χ3n) is 1.86. The number of halogens is 3. The van der Waals surface area contributed by atoms with Gasteiger partial charge in [0.05, 0.1) is 5.69 Å². The second kappa shape index (κ2) is 5.45. The molecule has 0 saturated heterocycles. The fourth-order valence-corrected chi connectivity index (χ4v) is 1.99. The molecule has 0 heterocycles. The summed E-state index contributed by atoms with van der Waals surface area (Å²) in [4.78, 5) is 13.5. The molecule has 0 bridgehead atoms. The Kier molecular flexibility index (Phi) is 4.37. The van der Waals surface area contributed by atoms with Crippen LogP contribution in [0.25, 0.3) is 0 Å². The van der Waals surface area contributed by atoms with Gasteiger partial charge in [0.15, 0.2) is 6.61 Å². The number of carboxylic acids is 1. The van der Waals surface area contributed by atoms with Crippen molar-refractivity contribution in [2.75, 3.05) is 12.1 Å². The zero-order valence-electron chi connectivity index (χ0n) is 9.14. The zero-order valence-corrected chi connectivity index (χ0v) is 9.96. The van der Waals surface area contributed by atoms with E-state index in [2.05, 4.69) is 4.84 Å². The number of anilines is 1. The Morgan fingerprint density at radius 1 is 1.32 bits per heavy atom. The number of aliphatic carboxylic acids is 1. The number of alkyl halides is 3. The van der Waals surface area contributed by atoms with E-state index in [0.29, 0.717) is 0 Å². The Hall–Kier alpha value is -1.81. The van der Waals surface area contributed by atoms with Gasteiger partial charge in [-0.2, -0.15) is 13.2 Å². The van der Waals surface area contributed by atoms with E-state index in [1.165, 1.54) is 6.07 Å². The van der Waals surface area contributed by atoms with Crippen molar-refractivity contribution in [1.29, 1.82) is 0 Å². The van der Waals surface area contributed by atoms with Crippen LogP contribution < -0.4 is 5.48 Å². The first-order valence-corrected chi connectivity index (χ1v) is 6.14. The Labute approximate surface area is 105 Å². The van der Waals surface area contributed by atoms with Crippen LogP contribution in [0.5, 0.6) is 0 Å². The number of carbonyl (C=O) groups is 1. The highest BCUT2D eigenvalue weighted by Gasteiger charge is 2.47. The molecule has 1 aromatic rings. The maximum atomic E-state index is 12.4. The molecule has 0 aliphatic heterocycles. The van der Waals surface area contributed by atoms with Gasteiger partial charge in [-0.3, -0.25) is 10.3 Å². The van der Waals surface area contributed by atoms with Crippen LogP contribution in [0.1, 0.15) is 0 Å². The molecule has 106 valence electrons. The molecule has 1 aromatic carbocycles. The molecule has 0 aliphatic carbocycles. The lowest BCUT2D eigenvalue weighted by Gasteiger charge is -2.13. The van der Waals surface area contributed by atoms with E-state index in [-0.39, 0.29) is 0 Å². The van der Waals surface area contributed by atoms with Gasteiger partial charge in [-0.1, -0.05) is 12.1 Å². The largest absolute Gasteiger partial charge is 0.501 e. The normalized spacial score (nSPS) is 12.2. The lowest BCUT2D eigenvalue weighted by Crippen LogP contribution is -2.24. The minimum absolute atomic E-state index is 0.499. The summed E-state index contributed by atoms with van der Waals surface area (Å²) in [5.74, 6) is -1.37. The first kappa shape index (κ1) is 15.2. The third kappa shape index (κ3) is 3.58. The third-order valence-corrected chi connectivity index (χ3v) is 3.40. The number of carboxylic acid groups (broad SMARTS) is 1. The second-order valence-corrected chi connectivity index (χ2v) is 5.14.